The molecule has 1 unspecified atom stereocenters. The van der Waals surface area contributed by atoms with E-state index in [0.717, 1.165) is 38.3 Å². The normalized spacial score (nSPS) is 20.2. The van der Waals surface area contributed by atoms with E-state index in [1.807, 2.05) is 0 Å². The minimum absolute atomic E-state index is 0.103. The van der Waals surface area contributed by atoms with E-state index >= 15 is 0 Å². The second-order valence-electron chi connectivity index (χ2n) is 4.65. The summed E-state index contributed by atoms with van der Waals surface area (Å²) in [5, 5.41) is 8.38. The molecule has 7 heteroatoms. The highest BCUT2D eigenvalue weighted by molar-refractivity contribution is 9.10. The minimum Gasteiger partial charge on any atom is -0.384 e. The number of primary sulfonamides is 1. The Morgan fingerprint density at radius 3 is 2.84 bits per heavy atom. The quantitative estimate of drug-likeness (QED) is 0.870. The van der Waals surface area contributed by atoms with Crippen molar-refractivity contribution in [1.29, 1.82) is 0 Å². The van der Waals surface area contributed by atoms with Crippen molar-refractivity contribution in [2.24, 2.45) is 11.1 Å². The van der Waals surface area contributed by atoms with Crippen LogP contribution in [0, 0.1) is 5.92 Å². The molecule has 1 atom stereocenters. The van der Waals surface area contributed by atoms with E-state index in [0.29, 0.717) is 10.4 Å². The van der Waals surface area contributed by atoms with Crippen LogP contribution < -0.4 is 10.5 Å². The lowest BCUT2D eigenvalue weighted by molar-refractivity contribution is 0.0595. The van der Waals surface area contributed by atoms with E-state index in [2.05, 4.69) is 21.2 Å². The molecule has 1 aliphatic heterocycles. The molecular weight excluding hydrogens is 332 g/mol. The smallest absolute Gasteiger partial charge is 0.238 e. The number of rotatable bonds is 4. The van der Waals surface area contributed by atoms with Gasteiger partial charge in [0.2, 0.25) is 10.0 Å². The molecule has 1 aromatic rings. The van der Waals surface area contributed by atoms with Crippen LogP contribution in [0.1, 0.15) is 12.8 Å². The maximum atomic E-state index is 11.2. The second-order valence-corrected chi connectivity index (χ2v) is 7.07. The largest absolute Gasteiger partial charge is 0.384 e. The zero-order valence-electron chi connectivity index (χ0n) is 10.4. The Balaban J connectivity index is 2.01. The molecule has 1 fully saturated rings. The fourth-order valence-corrected chi connectivity index (χ4v) is 3.25. The molecule has 2 rings (SSSR count). The van der Waals surface area contributed by atoms with Crippen molar-refractivity contribution in [3.05, 3.63) is 22.7 Å². The summed E-state index contributed by atoms with van der Waals surface area (Å²) in [4.78, 5) is 0.103. The lowest BCUT2D eigenvalue weighted by atomic mass is 10.0. The van der Waals surface area contributed by atoms with E-state index in [1.54, 1.807) is 6.07 Å². The van der Waals surface area contributed by atoms with E-state index in [1.165, 1.54) is 12.1 Å². The molecule has 19 heavy (non-hydrogen) atoms. The summed E-state index contributed by atoms with van der Waals surface area (Å²) >= 11 is 3.35. The maximum absolute atomic E-state index is 11.2. The third kappa shape index (κ3) is 4.17. The van der Waals surface area contributed by atoms with Gasteiger partial charge in [0.05, 0.1) is 11.5 Å². The average molecular weight is 349 g/mol. The summed E-state index contributed by atoms with van der Waals surface area (Å²) in [5.74, 6) is 0.499. The molecule has 0 bridgehead atoms. The van der Waals surface area contributed by atoms with Gasteiger partial charge in [0.15, 0.2) is 0 Å². The Morgan fingerprint density at radius 2 is 2.26 bits per heavy atom. The predicted octanol–water partition coefficient (Wildman–Crippen LogP) is 1.94. The first kappa shape index (κ1) is 14.8. The summed E-state index contributed by atoms with van der Waals surface area (Å²) in [6.07, 6.45) is 2.25. The number of hydrogen-bond donors (Lipinski definition) is 2. The molecule has 0 amide bonds. The molecule has 0 aromatic heterocycles. The SMILES string of the molecule is NS(=O)(=O)c1ccc(NCC2CCCOC2)c(Br)c1. The second kappa shape index (κ2) is 6.21. The van der Waals surface area contributed by atoms with Crippen LogP contribution in [0.2, 0.25) is 0 Å². The summed E-state index contributed by atoms with van der Waals surface area (Å²) in [7, 11) is -3.66. The van der Waals surface area contributed by atoms with Gasteiger partial charge in [-0.3, -0.25) is 0 Å². The van der Waals surface area contributed by atoms with Gasteiger partial charge in [0.1, 0.15) is 0 Å². The van der Waals surface area contributed by atoms with Crippen molar-refractivity contribution in [3.8, 4) is 0 Å². The van der Waals surface area contributed by atoms with Gasteiger partial charge in [0, 0.05) is 23.3 Å². The molecule has 1 aliphatic rings. The van der Waals surface area contributed by atoms with Gasteiger partial charge < -0.3 is 10.1 Å². The highest BCUT2D eigenvalue weighted by atomic mass is 79.9. The van der Waals surface area contributed by atoms with Gasteiger partial charge in [-0.25, -0.2) is 13.6 Å². The van der Waals surface area contributed by atoms with Crippen LogP contribution in [0.4, 0.5) is 5.69 Å². The van der Waals surface area contributed by atoms with Crippen LogP contribution in [-0.2, 0) is 14.8 Å². The van der Waals surface area contributed by atoms with Crippen LogP contribution in [0.15, 0.2) is 27.6 Å². The van der Waals surface area contributed by atoms with Crippen LogP contribution in [0.25, 0.3) is 0 Å². The molecule has 106 valence electrons. The number of benzene rings is 1. The summed E-state index contributed by atoms with van der Waals surface area (Å²) < 4.78 is 28.6. The van der Waals surface area contributed by atoms with Gasteiger partial charge in [-0.1, -0.05) is 0 Å². The maximum Gasteiger partial charge on any atom is 0.238 e. The van der Waals surface area contributed by atoms with Crippen molar-refractivity contribution in [2.75, 3.05) is 25.1 Å². The molecule has 0 radical (unpaired) electrons. The van der Waals surface area contributed by atoms with Gasteiger partial charge in [0.25, 0.3) is 0 Å². The van der Waals surface area contributed by atoms with E-state index in [9.17, 15) is 8.42 Å². The topological polar surface area (TPSA) is 81.4 Å². The van der Waals surface area contributed by atoms with Gasteiger partial charge >= 0.3 is 0 Å². The minimum atomic E-state index is -3.66. The Kier molecular flexibility index (Phi) is 4.83. The number of hydrogen-bond acceptors (Lipinski definition) is 4. The van der Waals surface area contributed by atoms with Gasteiger partial charge in [-0.15, -0.1) is 0 Å². The van der Waals surface area contributed by atoms with Crippen molar-refractivity contribution < 1.29 is 13.2 Å². The molecule has 1 saturated heterocycles. The van der Waals surface area contributed by atoms with Crippen molar-refractivity contribution >= 4 is 31.6 Å². The average Bonchev–Trinajstić information content (AvgIpc) is 2.37. The van der Waals surface area contributed by atoms with Gasteiger partial charge in [-0.05, 0) is 52.9 Å². The van der Waals surface area contributed by atoms with Crippen molar-refractivity contribution in [2.45, 2.75) is 17.7 Å². The zero-order chi connectivity index (χ0) is 13.9. The fraction of sp³-hybridized carbons (Fsp3) is 0.500. The third-order valence-electron chi connectivity index (χ3n) is 3.10. The third-order valence-corrected chi connectivity index (χ3v) is 4.67. The van der Waals surface area contributed by atoms with Crippen LogP contribution in [-0.4, -0.2) is 28.2 Å². The molecule has 1 aromatic carbocycles. The van der Waals surface area contributed by atoms with Crippen molar-refractivity contribution in [3.63, 3.8) is 0 Å². The molecular formula is C12H17BrN2O3S. The number of halogens is 1. The number of anilines is 1. The van der Waals surface area contributed by atoms with E-state index in [-0.39, 0.29) is 4.90 Å². The van der Waals surface area contributed by atoms with Crippen LogP contribution in [0.3, 0.4) is 0 Å². The number of nitrogens with two attached hydrogens (primary N) is 1. The van der Waals surface area contributed by atoms with Crippen LogP contribution in [0.5, 0.6) is 0 Å². The van der Waals surface area contributed by atoms with E-state index < -0.39 is 10.0 Å². The number of ether oxygens (including phenoxy) is 1. The summed E-state index contributed by atoms with van der Waals surface area (Å²) in [6.45, 7) is 2.44. The van der Waals surface area contributed by atoms with Crippen LogP contribution >= 0.6 is 15.9 Å². The van der Waals surface area contributed by atoms with Crippen molar-refractivity contribution in [1.82, 2.24) is 0 Å². The van der Waals surface area contributed by atoms with Gasteiger partial charge in [-0.2, -0.15) is 0 Å². The lowest BCUT2D eigenvalue weighted by Crippen LogP contribution is -2.24. The standard InChI is InChI=1S/C12H17BrN2O3S/c13-11-6-10(19(14,16)17)3-4-12(11)15-7-9-2-1-5-18-8-9/h3-4,6,9,15H,1-2,5,7-8H2,(H2,14,16,17). The Morgan fingerprint density at radius 1 is 1.47 bits per heavy atom. The molecule has 0 aliphatic carbocycles. The lowest BCUT2D eigenvalue weighted by Gasteiger charge is -2.23. The summed E-state index contributed by atoms with van der Waals surface area (Å²) in [6, 6.07) is 4.72. The molecule has 1 heterocycles. The Hall–Kier alpha value is -0.630. The Bertz CT molecular complexity index is 542. The Labute approximate surface area is 121 Å². The predicted molar refractivity (Wildman–Crippen MR) is 77.5 cm³/mol. The zero-order valence-corrected chi connectivity index (χ0v) is 12.8. The first-order chi connectivity index (χ1) is 8.97. The first-order valence-electron chi connectivity index (χ1n) is 6.11. The number of nitrogens with one attached hydrogen (secondary N) is 1. The molecule has 0 spiro atoms. The number of sulfonamides is 1. The highest BCUT2D eigenvalue weighted by Gasteiger charge is 2.15. The molecule has 3 N–H and O–H groups in total. The van der Waals surface area contributed by atoms with E-state index in [4.69, 9.17) is 9.88 Å². The monoisotopic (exact) mass is 348 g/mol. The summed E-state index contributed by atoms with van der Waals surface area (Å²) in [5.41, 5.74) is 0.859. The highest BCUT2D eigenvalue weighted by Crippen LogP contribution is 2.26. The first-order valence-corrected chi connectivity index (χ1v) is 8.45. The molecule has 5 nitrogen and oxygen atoms in total. The fourth-order valence-electron chi connectivity index (χ4n) is 2.04. The molecule has 0 saturated carbocycles.